The van der Waals surface area contributed by atoms with Crippen molar-refractivity contribution in [3.8, 4) is 22.4 Å². The third-order valence-electron chi connectivity index (χ3n) is 7.29. The highest BCUT2D eigenvalue weighted by atomic mass is 19.1. The molecule has 1 unspecified atom stereocenters. The molecule has 0 aliphatic rings. The number of para-hydroxylation sites is 1. The fourth-order valence-corrected chi connectivity index (χ4v) is 5.41. The van der Waals surface area contributed by atoms with E-state index in [1.54, 1.807) is 12.1 Å². The molecule has 4 aromatic rings. The molecular weight excluding hydrogens is 543 g/mol. The van der Waals surface area contributed by atoms with Crippen LogP contribution in [0.2, 0.25) is 0 Å². The number of aliphatic hydroxyl groups excluding tert-OH is 1. The van der Waals surface area contributed by atoms with Crippen molar-refractivity contribution >= 4 is 17.4 Å². The topological polar surface area (TPSA) is 80.6 Å². The number of rotatable bonds is 15. The second-order valence-electron chi connectivity index (χ2n) is 11.0. The zero-order valence-electron chi connectivity index (χ0n) is 25.2. The van der Waals surface area contributed by atoms with Gasteiger partial charge in [0.15, 0.2) is 6.29 Å². The highest BCUT2D eigenvalue weighted by Crippen LogP contribution is 2.42. The van der Waals surface area contributed by atoms with E-state index in [0.29, 0.717) is 43.7 Å². The van der Waals surface area contributed by atoms with Gasteiger partial charge in [-0.2, -0.15) is 0 Å². The molecular formula is C36H41FN2O4. The molecule has 3 aromatic carbocycles. The summed E-state index contributed by atoms with van der Waals surface area (Å²) in [6, 6.07) is 25.5. The molecule has 0 saturated heterocycles. The van der Waals surface area contributed by atoms with E-state index in [-0.39, 0.29) is 29.8 Å². The average Bonchev–Trinajstić information content (AvgIpc) is 3.35. The van der Waals surface area contributed by atoms with Gasteiger partial charge in [0.2, 0.25) is 0 Å². The van der Waals surface area contributed by atoms with Crippen molar-refractivity contribution in [3.05, 3.63) is 102 Å². The summed E-state index contributed by atoms with van der Waals surface area (Å²) in [5.41, 5.74) is 5.46. The zero-order valence-corrected chi connectivity index (χ0v) is 25.2. The third kappa shape index (κ3) is 8.27. The lowest BCUT2D eigenvalue weighted by Crippen LogP contribution is -2.18. The number of Topliss-reactive ketones (excluding diaryl/α,β-unsaturated/α-hetero) is 1. The Morgan fingerprint density at radius 3 is 2.19 bits per heavy atom. The quantitative estimate of drug-likeness (QED) is 0.109. The molecule has 43 heavy (non-hydrogen) atoms. The van der Waals surface area contributed by atoms with Crippen molar-refractivity contribution in [2.75, 3.05) is 11.9 Å². The zero-order chi connectivity index (χ0) is 30.8. The van der Waals surface area contributed by atoms with E-state index in [9.17, 15) is 19.1 Å². The van der Waals surface area contributed by atoms with Crippen LogP contribution >= 0.6 is 0 Å². The number of hydrogen-bond acceptors (Lipinski definition) is 4. The van der Waals surface area contributed by atoms with Crippen LogP contribution in [0.3, 0.4) is 0 Å². The van der Waals surface area contributed by atoms with Crippen molar-refractivity contribution < 1.29 is 23.8 Å². The second kappa shape index (κ2) is 15.4. The summed E-state index contributed by atoms with van der Waals surface area (Å²) >= 11 is 0. The largest absolute Gasteiger partial charge is 0.368 e. The summed E-state index contributed by atoms with van der Waals surface area (Å²) in [6.07, 6.45) is 1.28. The highest BCUT2D eigenvalue weighted by molar-refractivity contribution is 6.12. The van der Waals surface area contributed by atoms with Crippen LogP contribution in [0.15, 0.2) is 84.9 Å². The van der Waals surface area contributed by atoms with E-state index in [4.69, 9.17) is 4.74 Å². The van der Waals surface area contributed by atoms with Gasteiger partial charge in [-0.15, -0.1) is 0 Å². The maximum Gasteiger partial charge on any atom is 0.258 e. The fraction of sp³-hybridized carbons (Fsp3) is 0.333. The number of ketones is 1. The van der Waals surface area contributed by atoms with Crippen LogP contribution in [-0.4, -0.2) is 34.3 Å². The number of aliphatic hydroxyl groups is 1. The lowest BCUT2D eigenvalue weighted by molar-refractivity contribution is -0.136. The molecule has 4 rings (SSSR count). The van der Waals surface area contributed by atoms with Gasteiger partial charge < -0.3 is 19.7 Å². The minimum atomic E-state index is -1.08. The Hall–Kier alpha value is -4.07. The number of carbonyl (C=O) groups excluding carboxylic acids is 2. The van der Waals surface area contributed by atoms with Gasteiger partial charge in [0.25, 0.3) is 5.91 Å². The van der Waals surface area contributed by atoms with Crippen LogP contribution in [0.25, 0.3) is 22.4 Å². The molecule has 0 saturated carbocycles. The molecule has 0 aliphatic carbocycles. The predicted octanol–water partition coefficient (Wildman–Crippen LogP) is 8.21. The van der Waals surface area contributed by atoms with Crippen molar-refractivity contribution in [2.24, 2.45) is 0 Å². The molecule has 7 heteroatoms. The number of halogens is 1. The summed E-state index contributed by atoms with van der Waals surface area (Å²) in [6.45, 7) is 7.05. The molecule has 2 N–H and O–H groups in total. The lowest BCUT2D eigenvalue weighted by Gasteiger charge is -2.17. The molecule has 1 aromatic heterocycles. The smallest absolute Gasteiger partial charge is 0.258 e. The monoisotopic (exact) mass is 584 g/mol. The van der Waals surface area contributed by atoms with Gasteiger partial charge in [0, 0.05) is 36.5 Å². The number of unbranched alkanes of at least 4 members (excludes halogenated alkanes) is 1. The number of nitrogens with one attached hydrogen (secondary N) is 1. The predicted molar refractivity (Wildman–Crippen MR) is 169 cm³/mol. The highest BCUT2D eigenvalue weighted by Gasteiger charge is 2.30. The van der Waals surface area contributed by atoms with Crippen molar-refractivity contribution in [3.63, 3.8) is 0 Å². The maximum absolute atomic E-state index is 14.1. The van der Waals surface area contributed by atoms with E-state index in [2.05, 4.69) is 23.7 Å². The Morgan fingerprint density at radius 1 is 0.907 bits per heavy atom. The summed E-state index contributed by atoms with van der Waals surface area (Å²) in [4.78, 5) is 26.6. The molecule has 0 radical (unpaired) electrons. The van der Waals surface area contributed by atoms with E-state index in [1.807, 2.05) is 67.6 Å². The number of hydrogen-bond donors (Lipinski definition) is 2. The summed E-state index contributed by atoms with van der Waals surface area (Å²) < 4.78 is 21.5. The van der Waals surface area contributed by atoms with Crippen LogP contribution in [0, 0.1) is 5.82 Å². The maximum atomic E-state index is 14.1. The van der Waals surface area contributed by atoms with Gasteiger partial charge in [0.05, 0.1) is 17.7 Å². The standard InChI is InChI=1S/C36H41FN2O4/c1-4-23-43-31(41)24-30(40)17-11-12-22-39-34(25(2)3)33(36(42)38-29-15-9-6-10-16-29)32(26-13-7-5-8-14-26)35(39)27-18-20-28(37)21-19-27/h5-10,13-16,18-21,25,31,41H,4,11-12,17,22-24H2,1-3H3,(H,38,42). The van der Waals surface area contributed by atoms with Crippen molar-refractivity contribution in [1.82, 2.24) is 4.57 Å². The lowest BCUT2D eigenvalue weighted by atomic mass is 9.94. The molecule has 0 fully saturated rings. The number of aromatic nitrogens is 1. The van der Waals surface area contributed by atoms with Crippen molar-refractivity contribution in [1.29, 1.82) is 0 Å². The van der Waals surface area contributed by atoms with Crippen molar-refractivity contribution in [2.45, 2.75) is 71.6 Å². The minimum Gasteiger partial charge on any atom is -0.368 e. The van der Waals surface area contributed by atoms with Crippen LogP contribution in [0.5, 0.6) is 0 Å². The fourth-order valence-electron chi connectivity index (χ4n) is 5.41. The third-order valence-corrected chi connectivity index (χ3v) is 7.29. The molecule has 1 amide bonds. The SMILES string of the molecule is CCCOC(O)CC(=O)CCCCn1c(-c2ccc(F)cc2)c(-c2ccccc2)c(C(=O)Nc2ccccc2)c1C(C)C. The number of ether oxygens (including phenoxy) is 1. The van der Waals surface area contributed by atoms with Crippen LogP contribution in [0.4, 0.5) is 10.1 Å². The van der Waals surface area contributed by atoms with Gasteiger partial charge in [-0.3, -0.25) is 9.59 Å². The minimum absolute atomic E-state index is 0.0133. The van der Waals surface area contributed by atoms with Gasteiger partial charge in [-0.05, 0) is 72.7 Å². The van der Waals surface area contributed by atoms with Gasteiger partial charge in [-0.1, -0.05) is 69.3 Å². The van der Waals surface area contributed by atoms with Crippen LogP contribution in [-0.2, 0) is 16.1 Å². The molecule has 0 bridgehead atoms. The Bertz CT molecular complexity index is 1480. The first-order chi connectivity index (χ1) is 20.8. The summed E-state index contributed by atoms with van der Waals surface area (Å²) in [7, 11) is 0. The van der Waals surface area contributed by atoms with E-state index < -0.39 is 6.29 Å². The van der Waals surface area contributed by atoms with Gasteiger partial charge in [-0.25, -0.2) is 4.39 Å². The molecule has 6 nitrogen and oxygen atoms in total. The first-order valence-electron chi connectivity index (χ1n) is 15.1. The number of anilines is 1. The van der Waals surface area contributed by atoms with E-state index in [0.717, 1.165) is 34.5 Å². The average molecular weight is 585 g/mol. The summed E-state index contributed by atoms with van der Waals surface area (Å²) in [5.74, 6) is -0.613. The Morgan fingerprint density at radius 2 is 1.56 bits per heavy atom. The molecule has 0 spiro atoms. The second-order valence-corrected chi connectivity index (χ2v) is 11.0. The Labute approximate surface area is 253 Å². The number of benzene rings is 3. The summed E-state index contributed by atoms with van der Waals surface area (Å²) in [5, 5.41) is 13.0. The number of amides is 1. The molecule has 0 aliphatic heterocycles. The van der Waals surface area contributed by atoms with Gasteiger partial charge in [0.1, 0.15) is 11.6 Å². The first kappa shape index (κ1) is 31.9. The van der Waals surface area contributed by atoms with E-state index >= 15 is 0 Å². The number of carbonyl (C=O) groups is 2. The van der Waals surface area contributed by atoms with E-state index in [1.165, 1.54) is 12.1 Å². The van der Waals surface area contributed by atoms with Gasteiger partial charge >= 0.3 is 0 Å². The van der Waals surface area contributed by atoms with Crippen LogP contribution < -0.4 is 5.32 Å². The Kier molecular flexibility index (Phi) is 11.4. The van der Waals surface area contributed by atoms with Crippen LogP contribution in [0.1, 0.15) is 74.8 Å². The molecule has 1 atom stereocenters. The molecule has 226 valence electrons. The normalized spacial score (nSPS) is 12.0. The Balaban J connectivity index is 1.76. The number of nitrogens with zero attached hydrogens (tertiary/aromatic N) is 1. The first-order valence-corrected chi connectivity index (χ1v) is 15.1. The molecule has 1 heterocycles.